The fourth-order valence-corrected chi connectivity index (χ4v) is 1.84. The highest BCUT2D eigenvalue weighted by Gasteiger charge is 2.04. The molecule has 4 nitrogen and oxygen atoms in total. The van der Waals surface area contributed by atoms with Crippen LogP contribution in [0.2, 0.25) is 0 Å². The summed E-state index contributed by atoms with van der Waals surface area (Å²) in [5, 5.41) is 3.22. The van der Waals surface area contributed by atoms with Crippen molar-refractivity contribution in [2.75, 3.05) is 0 Å². The molecule has 0 saturated carbocycles. The van der Waals surface area contributed by atoms with E-state index in [0.29, 0.717) is 30.5 Å². The van der Waals surface area contributed by atoms with Crippen molar-refractivity contribution in [1.82, 2.24) is 15.3 Å². The average molecular weight is 275 g/mol. The second kappa shape index (κ2) is 6.43. The van der Waals surface area contributed by atoms with E-state index in [2.05, 4.69) is 15.3 Å². The molecule has 0 aliphatic heterocycles. The molecule has 0 unspecified atom stereocenters. The van der Waals surface area contributed by atoms with E-state index in [1.54, 1.807) is 12.1 Å². The molecular weight excluding hydrogens is 257 g/mol. The van der Waals surface area contributed by atoms with E-state index in [-0.39, 0.29) is 11.4 Å². The number of nitrogens with one attached hydrogen (secondary N) is 2. The lowest BCUT2D eigenvalue weighted by Gasteiger charge is -2.08. The zero-order chi connectivity index (χ0) is 14.5. The van der Waals surface area contributed by atoms with Crippen molar-refractivity contribution >= 4 is 0 Å². The third-order valence-corrected chi connectivity index (χ3v) is 2.82. The highest BCUT2D eigenvalue weighted by atomic mass is 19.1. The van der Waals surface area contributed by atoms with Crippen LogP contribution in [0.5, 0.6) is 0 Å². The Morgan fingerprint density at radius 2 is 2.00 bits per heavy atom. The van der Waals surface area contributed by atoms with Gasteiger partial charge in [0.25, 0.3) is 5.56 Å². The van der Waals surface area contributed by atoms with Gasteiger partial charge in [-0.05, 0) is 17.7 Å². The number of hydrogen-bond donors (Lipinski definition) is 2. The lowest BCUT2D eigenvalue weighted by atomic mass is 10.1. The van der Waals surface area contributed by atoms with Crippen molar-refractivity contribution in [2.45, 2.75) is 32.9 Å². The SMILES string of the molecule is CC(C)NCc1cc(=O)[nH]c(Cc2ccc(F)cc2)n1. The summed E-state index contributed by atoms with van der Waals surface area (Å²) in [4.78, 5) is 18.7. The molecule has 0 saturated heterocycles. The summed E-state index contributed by atoms with van der Waals surface area (Å²) in [6, 6.07) is 8.00. The molecule has 1 aromatic carbocycles. The van der Waals surface area contributed by atoms with Crippen molar-refractivity contribution in [3.05, 3.63) is 63.6 Å². The van der Waals surface area contributed by atoms with Crippen LogP contribution in [0.1, 0.15) is 30.9 Å². The molecule has 1 aromatic heterocycles. The second-order valence-electron chi connectivity index (χ2n) is 5.02. The maximum Gasteiger partial charge on any atom is 0.251 e. The average Bonchev–Trinajstić information content (AvgIpc) is 2.38. The Hall–Kier alpha value is -2.01. The number of aromatic nitrogens is 2. The van der Waals surface area contributed by atoms with E-state index in [4.69, 9.17) is 0 Å². The zero-order valence-corrected chi connectivity index (χ0v) is 11.6. The number of hydrogen-bond acceptors (Lipinski definition) is 3. The Bertz CT molecular complexity index is 620. The van der Waals surface area contributed by atoms with E-state index in [0.717, 1.165) is 5.56 Å². The van der Waals surface area contributed by atoms with E-state index in [9.17, 15) is 9.18 Å². The van der Waals surface area contributed by atoms with Crippen molar-refractivity contribution in [3.8, 4) is 0 Å². The molecule has 0 spiro atoms. The Morgan fingerprint density at radius 1 is 1.30 bits per heavy atom. The number of benzene rings is 1. The molecule has 106 valence electrons. The van der Waals surface area contributed by atoms with Crippen LogP contribution >= 0.6 is 0 Å². The molecule has 5 heteroatoms. The quantitative estimate of drug-likeness (QED) is 0.877. The number of nitrogens with zero attached hydrogens (tertiary/aromatic N) is 1. The molecule has 2 aromatic rings. The second-order valence-corrected chi connectivity index (χ2v) is 5.02. The monoisotopic (exact) mass is 275 g/mol. The first kappa shape index (κ1) is 14.4. The van der Waals surface area contributed by atoms with Crippen molar-refractivity contribution < 1.29 is 4.39 Å². The van der Waals surface area contributed by atoms with Crippen LogP contribution in [0, 0.1) is 5.82 Å². The van der Waals surface area contributed by atoms with Crippen LogP contribution in [0.25, 0.3) is 0 Å². The molecule has 0 amide bonds. The van der Waals surface area contributed by atoms with Crippen LogP contribution in [-0.4, -0.2) is 16.0 Å². The summed E-state index contributed by atoms with van der Waals surface area (Å²) in [6.07, 6.45) is 0.477. The van der Waals surface area contributed by atoms with Gasteiger partial charge in [0.05, 0.1) is 5.69 Å². The molecule has 2 N–H and O–H groups in total. The van der Waals surface area contributed by atoms with Crippen LogP contribution in [-0.2, 0) is 13.0 Å². The van der Waals surface area contributed by atoms with Crippen LogP contribution in [0.4, 0.5) is 4.39 Å². The third kappa shape index (κ3) is 4.28. The van der Waals surface area contributed by atoms with Crippen molar-refractivity contribution in [1.29, 1.82) is 0 Å². The van der Waals surface area contributed by atoms with Crippen molar-refractivity contribution in [2.24, 2.45) is 0 Å². The topological polar surface area (TPSA) is 57.8 Å². The summed E-state index contributed by atoms with van der Waals surface area (Å²) < 4.78 is 12.8. The molecule has 0 aliphatic carbocycles. The number of rotatable bonds is 5. The first-order valence-electron chi connectivity index (χ1n) is 6.60. The summed E-state index contributed by atoms with van der Waals surface area (Å²) >= 11 is 0. The van der Waals surface area contributed by atoms with Crippen LogP contribution < -0.4 is 10.9 Å². The highest BCUT2D eigenvalue weighted by molar-refractivity contribution is 5.20. The summed E-state index contributed by atoms with van der Waals surface area (Å²) in [5.41, 5.74) is 1.45. The minimum absolute atomic E-state index is 0.169. The predicted molar refractivity (Wildman–Crippen MR) is 76.0 cm³/mol. The molecular formula is C15H18FN3O. The fraction of sp³-hybridized carbons (Fsp3) is 0.333. The lowest BCUT2D eigenvalue weighted by molar-refractivity contribution is 0.578. The Balaban J connectivity index is 2.15. The van der Waals surface area contributed by atoms with Gasteiger partial charge in [0.15, 0.2) is 0 Å². The lowest BCUT2D eigenvalue weighted by Crippen LogP contribution is -2.24. The first-order chi connectivity index (χ1) is 9.52. The number of aromatic amines is 1. The van der Waals surface area contributed by atoms with E-state index in [1.165, 1.54) is 18.2 Å². The molecule has 20 heavy (non-hydrogen) atoms. The number of halogens is 1. The zero-order valence-electron chi connectivity index (χ0n) is 11.6. The fourth-order valence-electron chi connectivity index (χ4n) is 1.84. The summed E-state index contributed by atoms with van der Waals surface area (Å²) in [5.74, 6) is 0.315. The highest BCUT2D eigenvalue weighted by Crippen LogP contribution is 2.07. The molecule has 0 fully saturated rings. The van der Waals surface area contributed by atoms with Gasteiger partial charge in [0.1, 0.15) is 11.6 Å². The molecule has 2 rings (SSSR count). The first-order valence-corrected chi connectivity index (χ1v) is 6.60. The minimum Gasteiger partial charge on any atom is -0.310 e. The molecule has 0 atom stereocenters. The van der Waals surface area contributed by atoms with E-state index in [1.807, 2.05) is 13.8 Å². The van der Waals surface area contributed by atoms with Gasteiger partial charge in [-0.2, -0.15) is 0 Å². The molecule has 0 aliphatic rings. The maximum absolute atomic E-state index is 12.8. The summed E-state index contributed by atoms with van der Waals surface area (Å²) in [7, 11) is 0. The minimum atomic E-state index is -0.273. The van der Waals surface area contributed by atoms with Crippen molar-refractivity contribution in [3.63, 3.8) is 0 Å². The molecule has 0 radical (unpaired) electrons. The Morgan fingerprint density at radius 3 is 2.65 bits per heavy atom. The van der Waals surface area contributed by atoms with Gasteiger partial charge in [0.2, 0.25) is 0 Å². The summed E-state index contributed by atoms with van der Waals surface area (Å²) in [6.45, 7) is 4.62. The van der Waals surface area contributed by atoms with E-state index >= 15 is 0 Å². The maximum atomic E-state index is 12.8. The van der Waals surface area contributed by atoms with Gasteiger partial charge in [-0.25, -0.2) is 9.37 Å². The smallest absolute Gasteiger partial charge is 0.251 e. The Kier molecular flexibility index (Phi) is 4.63. The predicted octanol–water partition coefficient (Wildman–Crippen LogP) is 2.00. The van der Waals surface area contributed by atoms with Gasteiger partial charge >= 0.3 is 0 Å². The molecule has 1 heterocycles. The standard InChI is InChI=1S/C15H18FN3O/c1-10(2)17-9-13-8-15(20)19-14(18-13)7-11-3-5-12(16)6-4-11/h3-6,8,10,17H,7,9H2,1-2H3,(H,18,19,20). The molecule has 0 bridgehead atoms. The van der Waals surface area contributed by atoms with Crippen LogP contribution in [0.15, 0.2) is 35.1 Å². The third-order valence-electron chi connectivity index (χ3n) is 2.82. The van der Waals surface area contributed by atoms with E-state index < -0.39 is 0 Å². The van der Waals surface area contributed by atoms with Gasteiger partial charge in [-0.3, -0.25) is 4.79 Å². The van der Waals surface area contributed by atoms with Gasteiger partial charge in [-0.15, -0.1) is 0 Å². The normalized spacial score (nSPS) is 11.0. The van der Waals surface area contributed by atoms with Crippen LogP contribution in [0.3, 0.4) is 0 Å². The van der Waals surface area contributed by atoms with Gasteiger partial charge in [0, 0.05) is 25.1 Å². The Labute approximate surface area is 117 Å². The van der Waals surface area contributed by atoms with Gasteiger partial charge in [-0.1, -0.05) is 26.0 Å². The largest absolute Gasteiger partial charge is 0.310 e. The van der Waals surface area contributed by atoms with Gasteiger partial charge < -0.3 is 10.3 Å². The number of H-pyrrole nitrogens is 1.